The third-order valence-electron chi connectivity index (χ3n) is 2.41. The van der Waals surface area contributed by atoms with Gasteiger partial charge in [0.15, 0.2) is 0 Å². The van der Waals surface area contributed by atoms with Crippen LogP contribution in [0, 0.1) is 12.8 Å². The number of thiol groups is 1. The van der Waals surface area contributed by atoms with Crippen molar-refractivity contribution in [1.82, 2.24) is 9.55 Å². The van der Waals surface area contributed by atoms with Gasteiger partial charge >= 0.3 is 0 Å². The van der Waals surface area contributed by atoms with Gasteiger partial charge in [-0.15, -0.1) is 0 Å². The summed E-state index contributed by atoms with van der Waals surface area (Å²) in [6.45, 7) is 5.41. The van der Waals surface area contributed by atoms with E-state index in [1.165, 1.54) is 12.8 Å². The van der Waals surface area contributed by atoms with Crippen molar-refractivity contribution in [1.29, 1.82) is 0 Å². The SMILES string of the molecule is Cc1nccn1CCC(C)CCS. The molecular formula is C10H18N2S. The smallest absolute Gasteiger partial charge is 0.105 e. The number of imidazole rings is 1. The van der Waals surface area contributed by atoms with E-state index in [1.807, 2.05) is 19.3 Å². The molecule has 74 valence electrons. The number of hydrogen-bond donors (Lipinski definition) is 1. The van der Waals surface area contributed by atoms with Crippen LogP contribution in [0.4, 0.5) is 0 Å². The van der Waals surface area contributed by atoms with E-state index in [-0.39, 0.29) is 0 Å². The Hall–Kier alpha value is -0.440. The van der Waals surface area contributed by atoms with E-state index in [0.717, 1.165) is 24.0 Å². The van der Waals surface area contributed by atoms with Crippen molar-refractivity contribution in [3.8, 4) is 0 Å². The molecule has 1 aromatic heterocycles. The number of aryl methyl sites for hydroxylation is 2. The quantitative estimate of drug-likeness (QED) is 0.720. The van der Waals surface area contributed by atoms with Crippen LogP contribution in [0.25, 0.3) is 0 Å². The Kier molecular flexibility index (Phi) is 4.36. The van der Waals surface area contributed by atoms with E-state index in [1.54, 1.807) is 0 Å². The highest BCUT2D eigenvalue weighted by atomic mass is 32.1. The summed E-state index contributed by atoms with van der Waals surface area (Å²) >= 11 is 4.23. The Labute approximate surface area is 85.8 Å². The van der Waals surface area contributed by atoms with E-state index in [4.69, 9.17) is 0 Å². The molecule has 2 nitrogen and oxygen atoms in total. The van der Waals surface area contributed by atoms with Gasteiger partial charge in [-0.05, 0) is 31.4 Å². The predicted molar refractivity (Wildman–Crippen MR) is 59.2 cm³/mol. The van der Waals surface area contributed by atoms with Crippen LogP contribution in [0.1, 0.15) is 25.6 Å². The molecule has 0 amide bonds. The van der Waals surface area contributed by atoms with Crippen molar-refractivity contribution in [2.24, 2.45) is 5.92 Å². The van der Waals surface area contributed by atoms with Crippen molar-refractivity contribution in [2.75, 3.05) is 5.75 Å². The lowest BCUT2D eigenvalue weighted by molar-refractivity contribution is 0.467. The minimum absolute atomic E-state index is 0.763. The second-order valence-electron chi connectivity index (χ2n) is 3.57. The highest BCUT2D eigenvalue weighted by molar-refractivity contribution is 7.80. The van der Waals surface area contributed by atoms with Crippen molar-refractivity contribution in [3.63, 3.8) is 0 Å². The summed E-state index contributed by atoms with van der Waals surface area (Å²) in [6.07, 6.45) is 6.33. The van der Waals surface area contributed by atoms with Gasteiger partial charge < -0.3 is 4.57 Å². The molecule has 0 aliphatic heterocycles. The zero-order valence-corrected chi connectivity index (χ0v) is 9.30. The molecule has 3 heteroatoms. The van der Waals surface area contributed by atoms with Crippen LogP contribution in [-0.2, 0) is 6.54 Å². The van der Waals surface area contributed by atoms with E-state index < -0.39 is 0 Å². The Morgan fingerprint density at radius 1 is 1.54 bits per heavy atom. The maximum atomic E-state index is 4.23. The Bertz CT molecular complexity index is 245. The monoisotopic (exact) mass is 198 g/mol. The Morgan fingerprint density at radius 2 is 2.31 bits per heavy atom. The second-order valence-corrected chi connectivity index (χ2v) is 4.02. The van der Waals surface area contributed by atoms with Crippen LogP contribution in [0.15, 0.2) is 12.4 Å². The highest BCUT2D eigenvalue weighted by Crippen LogP contribution is 2.10. The summed E-state index contributed by atoms with van der Waals surface area (Å²) in [6, 6.07) is 0. The van der Waals surface area contributed by atoms with Gasteiger partial charge in [-0.2, -0.15) is 12.6 Å². The second kappa shape index (κ2) is 5.32. The van der Waals surface area contributed by atoms with Crippen LogP contribution in [0.3, 0.4) is 0 Å². The molecule has 13 heavy (non-hydrogen) atoms. The zero-order chi connectivity index (χ0) is 9.68. The van der Waals surface area contributed by atoms with Crippen LogP contribution in [0.2, 0.25) is 0 Å². The van der Waals surface area contributed by atoms with Crippen molar-refractivity contribution in [3.05, 3.63) is 18.2 Å². The normalized spacial score (nSPS) is 13.2. The zero-order valence-electron chi connectivity index (χ0n) is 8.40. The van der Waals surface area contributed by atoms with E-state index in [2.05, 4.69) is 29.1 Å². The van der Waals surface area contributed by atoms with Gasteiger partial charge in [0.05, 0.1) is 0 Å². The Morgan fingerprint density at radius 3 is 2.85 bits per heavy atom. The average Bonchev–Trinajstić information content (AvgIpc) is 2.48. The number of hydrogen-bond acceptors (Lipinski definition) is 2. The minimum atomic E-state index is 0.763. The maximum absolute atomic E-state index is 4.23. The van der Waals surface area contributed by atoms with Crippen LogP contribution in [0.5, 0.6) is 0 Å². The molecule has 0 spiro atoms. The first-order valence-corrected chi connectivity index (χ1v) is 5.46. The van der Waals surface area contributed by atoms with Gasteiger partial charge in [0, 0.05) is 18.9 Å². The van der Waals surface area contributed by atoms with Crippen molar-refractivity contribution >= 4 is 12.6 Å². The number of aromatic nitrogens is 2. The van der Waals surface area contributed by atoms with Gasteiger partial charge in [0.2, 0.25) is 0 Å². The predicted octanol–water partition coefficient (Wildman–Crippen LogP) is 2.54. The van der Waals surface area contributed by atoms with E-state index in [0.29, 0.717) is 0 Å². The first kappa shape index (κ1) is 10.6. The van der Waals surface area contributed by atoms with Crippen LogP contribution in [-0.4, -0.2) is 15.3 Å². The summed E-state index contributed by atoms with van der Waals surface area (Å²) in [4.78, 5) is 4.19. The number of nitrogens with zero attached hydrogens (tertiary/aromatic N) is 2. The summed E-state index contributed by atoms with van der Waals surface area (Å²) in [7, 11) is 0. The Balaban J connectivity index is 2.30. The molecule has 1 aromatic rings. The number of rotatable bonds is 5. The van der Waals surface area contributed by atoms with E-state index >= 15 is 0 Å². The van der Waals surface area contributed by atoms with Gasteiger partial charge in [-0.25, -0.2) is 4.98 Å². The molecule has 0 aliphatic carbocycles. The summed E-state index contributed by atoms with van der Waals surface area (Å²) in [5.74, 6) is 2.86. The lowest BCUT2D eigenvalue weighted by atomic mass is 10.1. The molecule has 1 unspecified atom stereocenters. The minimum Gasteiger partial charge on any atom is -0.335 e. The molecule has 1 rings (SSSR count). The molecule has 0 aliphatic rings. The molecule has 0 fully saturated rings. The largest absolute Gasteiger partial charge is 0.335 e. The fourth-order valence-corrected chi connectivity index (χ4v) is 1.81. The molecule has 0 aromatic carbocycles. The summed E-state index contributed by atoms with van der Waals surface area (Å²) in [5, 5.41) is 0. The van der Waals surface area contributed by atoms with Crippen LogP contribution >= 0.6 is 12.6 Å². The van der Waals surface area contributed by atoms with Gasteiger partial charge in [0.1, 0.15) is 5.82 Å². The van der Waals surface area contributed by atoms with Gasteiger partial charge in [-0.3, -0.25) is 0 Å². The fraction of sp³-hybridized carbons (Fsp3) is 0.700. The maximum Gasteiger partial charge on any atom is 0.105 e. The molecule has 1 heterocycles. The van der Waals surface area contributed by atoms with Crippen LogP contribution < -0.4 is 0 Å². The van der Waals surface area contributed by atoms with Gasteiger partial charge in [-0.1, -0.05) is 6.92 Å². The van der Waals surface area contributed by atoms with Crippen molar-refractivity contribution in [2.45, 2.75) is 33.2 Å². The lowest BCUT2D eigenvalue weighted by Crippen LogP contribution is -2.04. The molecule has 0 radical (unpaired) electrons. The molecule has 0 saturated heterocycles. The lowest BCUT2D eigenvalue weighted by Gasteiger charge is -2.10. The highest BCUT2D eigenvalue weighted by Gasteiger charge is 2.02. The fourth-order valence-electron chi connectivity index (χ4n) is 1.36. The third kappa shape index (κ3) is 3.43. The summed E-state index contributed by atoms with van der Waals surface area (Å²) < 4.78 is 2.20. The molecule has 0 saturated carbocycles. The van der Waals surface area contributed by atoms with E-state index in [9.17, 15) is 0 Å². The topological polar surface area (TPSA) is 17.8 Å². The molecule has 0 N–H and O–H groups in total. The standard InChI is InChI=1S/C10H18N2S/c1-9(4-8-13)3-6-12-7-5-11-10(12)2/h5,7,9,13H,3-4,6,8H2,1-2H3. The molecule has 1 atom stereocenters. The third-order valence-corrected chi connectivity index (χ3v) is 2.67. The first-order valence-electron chi connectivity index (χ1n) is 4.82. The van der Waals surface area contributed by atoms with Crippen molar-refractivity contribution < 1.29 is 0 Å². The average molecular weight is 198 g/mol. The first-order chi connectivity index (χ1) is 6.24. The van der Waals surface area contributed by atoms with Gasteiger partial charge in [0.25, 0.3) is 0 Å². The summed E-state index contributed by atoms with van der Waals surface area (Å²) in [5.41, 5.74) is 0. The molecular weight excluding hydrogens is 180 g/mol. The molecule has 0 bridgehead atoms.